The maximum absolute atomic E-state index is 12.5. The smallest absolute Gasteiger partial charge is 0.263 e. The number of carbonyl (C=O) groups excluding carboxylic acids is 1. The molecule has 0 fully saturated rings. The third kappa shape index (κ3) is 2.52. The summed E-state index contributed by atoms with van der Waals surface area (Å²) >= 11 is 2.71. The molecule has 2 aromatic heterocycles. The molecule has 0 atom stereocenters. The molecular weight excluding hydrogens is 282 g/mol. The van der Waals surface area contributed by atoms with Crippen LogP contribution in [0.25, 0.3) is 10.2 Å². The van der Waals surface area contributed by atoms with Crippen LogP contribution in [0.15, 0.2) is 9.95 Å². The number of hydrogen-bond donors (Lipinski definition) is 1. The Hall–Kier alpha value is -1.34. The molecule has 5 nitrogen and oxygen atoms in total. The Labute approximate surface area is 118 Å². The number of nitrogens with zero attached hydrogens (tertiary/aromatic N) is 2. The van der Waals surface area contributed by atoms with Gasteiger partial charge in [0.2, 0.25) is 5.91 Å². The monoisotopic (exact) mass is 297 g/mol. The third-order valence-electron chi connectivity index (χ3n) is 2.91. The number of hydrogen-bond acceptors (Lipinski definition) is 5. The lowest BCUT2D eigenvalue weighted by atomic mass is 10.2. The molecule has 102 valence electrons. The van der Waals surface area contributed by atoms with E-state index in [1.165, 1.54) is 23.1 Å². The zero-order chi connectivity index (χ0) is 14.2. The van der Waals surface area contributed by atoms with Gasteiger partial charge in [0.1, 0.15) is 4.83 Å². The highest BCUT2D eigenvalue weighted by Crippen LogP contribution is 2.28. The van der Waals surface area contributed by atoms with Crippen molar-refractivity contribution in [1.29, 1.82) is 0 Å². The largest absolute Gasteiger partial charge is 0.369 e. The van der Waals surface area contributed by atoms with E-state index in [4.69, 9.17) is 5.73 Å². The van der Waals surface area contributed by atoms with Crippen molar-refractivity contribution in [1.82, 2.24) is 9.55 Å². The molecule has 0 bridgehead atoms. The second-order valence-corrected chi connectivity index (χ2v) is 6.31. The summed E-state index contributed by atoms with van der Waals surface area (Å²) in [5.41, 5.74) is 6.09. The van der Waals surface area contributed by atoms with Gasteiger partial charge in [0.15, 0.2) is 5.16 Å². The van der Waals surface area contributed by atoms with Gasteiger partial charge in [-0.15, -0.1) is 11.3 Å². The van der Waals surface area contributed by atoms with E-state index in [1.54, 1.807) is 4.57 Å². The van der Waals surface area contributed by atoms with Crippen molar-refractivity contribution in [2.45, 2.75) is 32.5 Å². The topological polar surface area (TPSA) is 78.0 Å². The highest BCUT2D eigenvalue weighted by Gasteiger charge is 2.16. The predicted octanol–water partition coefficient (Wildman–Crippen LogP) is 1.67. The number of aromatic nitrogens is 2. The first-order valence-corrected chi connectivity index (χ1v) is 7.67. The van der Waals surface area contributed by atoms with E-state index in [-0.39, 0.29) is 11.3 Å². The van der Waals surface area contributed by atoms with Gasteiger partial charge in [0, 0.05) is 11.4 Å². The molecule has 0 saturated carbocycles. The second-order valence-electron chi connectivity index (χ2n) is 4.16. The molecule has 0 aliphatic carbocycles. The van der Waals surface area contributed by atoms with Gasteiger partial charge in [-0.1, -0.05) is 11.8 Å². The molecule has 2 rings (SSSR count). The summed E-state index contributed by atoms with van der Waals surface area (Å²) in [4.78, 5) is 29.7. The molecule has 0 spiro atoms. The van der Waals surface area contributed by atoms with Crippen LogP contribution >= 0.6 is 23.1 Å². The quantitative estimate of drug-likeness (QED) is 0.688. The van der Waals surface area contributed by atoms with E-state index in [2.05, 4.69) is 4.98 Å². The first-order valence-electron chi connectivity index (χ1n) is 5.87. The molecule has 0 aromatic carbocycles. The maximum Gasteiger partial charge on any atom is 0.263 e. The molecule has 0 unspecified atom stereocenters. The minimum Gasteiger partial charge on any atom is -0.369 e. The van der Waals surface area contributed by atoms with Gasteiger partial charge in [-0.05, 0) is 26.3 Å². The molecule has 2 heterocycles. The van der Waals surface area contributed by atoms with Crippen molar-refractivity contribution < 1.29 is 4.79 Å². The van der Waals surface area contributed by atoms with Crippen LogP contribution < -0.4 is 11.3 Å². The number of amides is 1. The van der Waals surface area contributed by atoms with Crippen LogP contribution in [0.2, 0.25) is 0 Å². The Morgan fingerprint density at radius 2 is 2.16 bits per heavy atom. The molecule has 2 aromatic rings. The molecule has 7 heteroatoms. The highest BCUT2D eigenvalue weighted by atomic mass is 32.2. The first kappa shape index (κ1) is 14.1. The van der Waals surface area contributed by atoms with Crippen molar-refractivity contribution >= 4 is 39.2 Å². The lowest BCUT2D eigenvalue weighted by Crippen LogP contribution is -2.23. The number of fused-ring (bicyclic) bond motifs is 1. The van der Waals surface area contributed by atoms with Gasteiger partial charge >= 0.3 is 0 Å². The number of nitrogens with two attached hydrogens (primary N) is 1. The number of carbonyl (C=O) groups is 1. The average Bonchev–Trinajstić information content (AvgIpc) is 2.62. The summed E-state index contributed by atoms with van der Waals surface area (Å²) in [6, 6.07) is 0. The van der Waals surface area contributed by atoms with Gasteiger partial charge in [-0.2, -0.15) is 0 Å². The van der Waals surface area contributed by atoms with Crippen molar-refractivity contribution in [2.24, 2.45) is 5.73 Å². The number of thiophene rings is 1. The fraction of sp³-hybridized carbons (Fsp3) is 0.417. The van der Waals surface area contributed by atoms with Crippen molar-refractivity contribution in [3.8, 4) is 0 Å². The first-order chi connectivity index (χ1) is 8.95. The Kier molecular flexibility index (Phi) is 3.96. The Bertz CT molecular complexity index is 703. The van der Waals surface area contributed by atoms with Crippen LogP contribution in [-0.2, 0) is 11.3 Å². The lowest BCUT2D eigenvalue weighted by Gasteiger charge is -2.08. The van der Waals surface area contributed by atoms with E-state index < -0.39 is 5.91 Å². The summed E-state index contributed by atoms with van der Waals surface area (Å²) in [7, 11) is 0. The summed E-state index contributed by atoms with van der Waals surface area (Å²) in [6.45, 7) is 6.33. The SMILES string of the molecule is CCn1c(SCC(N)=O)nc2sc(C)c(C)c2c1=O. The van der Waals surface area contributed by atoms with E-state index in [0.717, 1.165) is 15.3 Å². The zero-order valence-electron chi connectivity index (χ0n) is 11.0. The maximum atomic E-state index is 12.5. The van der Waals surface area contributed by atoms with Crippen LogP contribution in [0, 0.1) is 13.8 Å². The van der Waals surface area contributed by atoms with E-state index in [9.17, 15) is 9.59 Å². The molecule has 0 aliphatic heterocycles. The molecule has 2 N–H and O–H groups in total. The van der Waals surface area contributed by atoms with Gasteiger partial charge in [0.05, 0.1) is 11.1 Å². The number of aryl methyl sites for hydroxylation is 2. The minimum atomic E-state index is -0.416. The predicted molar refractivity (Wildman–Crippen MR) is 78.9 cm³/mol. The number of rotatable bonds is 4. The van der Waals surface area contributed by atoms with Crippen LogP contribution in [0.5, 0.6) is 0 Å². The number of thioether (sulfide) groups is 1. The summed E-state index contributed by atoms with van der Waals surface area (Å²) in [5.74, 6) is -0.290. The number of primary amides is 1. The van der Waals surface area contributed by atoms with Gasteiger partial charge in [-0.3, -0.25) is 14.2 Å². The summed E-state index contributed by atoms with van der Waals surface area (Å²) in [6.07, 6.45) is 0. The van der Waals surface area contributed by atoms with E-state index in [0.29, 0.717) is 17.1 Å². The van der Waals surface area contributed by atoms with Crippen LogP contribution in [0.3, 0.4) is 0 Å². The van der Waals surface area contributed by atoms with Gasteiger partial charge < -0.3 is 5.73 Å². The molecule has 1 amide bonds. The molecule has 19 heavy (non-hydrogen) atoms. The fourth-order valence-corrected chi connectivity index (χ4v) is 3.71. The molecular formula is C12H15N3O2S2. The van der Waals surface area contributed by atoms with Gasteiger partial charge in [-0.25, -0.2) is 4.98 Å². The lowest BCUT2D eigenvalue weighted by molar-refractivity contribution is -0.115. The van der Waals surface area contributed by atoms with Crippen molar-refractivity contribution in [3.63, 3.8) is 0 Å². The van der Waals surface area contributed by atoms with Crippen molar-refractivity contribution in [2.75, 3.05) is 5.75 Å². The zero-order valence-corrected chi connectivity index (χ0v) is 12.7. The summed E-state index contributed by atoms with van der Waals surface area (Å²) < 4.78 is 1.59. The Balaban J connectivity index is 2.65. The Morgan fingerprint density at radius 1 is 1.47 bits per heavy atom. The van der Waals surface area contributed by atoms with Crippen molar-refractivity contribution in [3.05, 3.63) is 20.8 Å². The van der Waals surface area contributed by atoms with Gasteiger partial charge in [0.25, 0.3) is 5.56 Å². The fourth-order valence-electron chi connectivity index (χ4n) is 1.83. The Morgan fingerprint density at radius 3 is 2.74 bits per heavy atom. The molecule has 0 radical (unpaired) electrons. The van der Waals surface area contributed by atoms with Crippen LogP contribution in [0.4, 0.5) is 0 Å². The normalized spacial score (nSPS) is 11.1. The third-order valence-corrected chi connectivity index (χ3v) is 5.01. The molecule has 0 saturated heterocycles. The van der Waals surface area contributed by atoms with E-state index in [1.807, 2.05) is 20.8 Å². The van der Waals surface area contributed by atoms with E-state index >= 15 is 0 Å². The standard InChI is InChI=1S/C12H15N3O2S2/c1-4-15-11(17)9-6(2)7(3)19-10(9)14-12(15)18-5-8(13)16/h4-5H2,1-3H3,(H2,13,16). The summed E-state index contributed by atoms with van der Waals surface area (Å²) in [5, 5.41) is 1.24. The van der Waals surface area contributed by atoms with Crippen LogP contribution in [-0.4, -0.2) is 21.2 Å². The highest BCUT2D eigenvalue weighted by molar-refractivity contribution is 7.99. The average molecular weight is 297 g/mol. The van der Waals surface area contributed by atoms with Crippen LogP contribution in [0.1, 0.15) is 17.4 Å². The minimum absolute atomic E-state index is 0.0404. The molecule has 0 aliphatic rings. The second kappa shape index (κ2) is 5.34.